The normalized spacial score (nSPS) is 10.4. The van der Waals surface area contributed by atoms with Crippen molar-refractivity contribution in [1.82, 2.24) is 4.98 Å². The van der Waals surface area contributed by atoms with Crippen molar-refractivity contribution in [3.8, 4) is 11.3 Å². The van der Waals surface area contributed by atoms with Gasteiger partial charge in [0.1, 0.15) is 4.88 Å². The highest BCUT2D eigenvalue weighted by molar-refractivity contribution is 7.14. The summed E-state index contributed by atoms with van der Waals surface area (Å²) in [5, 5.41) is 20.6. The molecule has 6 nitrogen and oxygen atoms in total. The van der Waals surface area contributed by atoms with Gasteiger partial charge in [0, 0.05) is 17.7 Å². The maximum atomic E-state index is 11.3. The maximum absolute atomic E-state index is 11.3. The molecule has 7 heteroatoms. The average Bonchev–Trinajstić information content (AvgIpc) is 2.83. The van der Waals surface area contributed by atoms with Crippen molar-refractivity contribution < 1.29 is 14.8 Å². The first-order valence-corrected chi connectivity index (χ1v) is 6.82. The zero-order valence-corrected chi connectivity index (χ0v) is 11.5. The molecule has 0 aliphatic rings. The highest BCUT2D eigenvalue weighted by atomic mass is 32.1. The zero-order valence-electron chi connectivity index (χ0n) is 10.7. The molecule has 0 aliphatic heterocycles. The van der Waals surface area contributed by atoms with Gasteiger partial charge in [-0.2, -0.15) is 0 Å². The predicted octanol–water partition coefficient (Wildman–Crippen LogP) is 3.37. The molecule has 2 aromatic rings. The van der Waals surface area contributed by atoms with Gasteiger partial charge in [0.15, 0.2) is 0 Å². The number of hydrogen-bond acceptors (Lipinski definition) is 5. The lowest BCUT2D eigenvalue weighted by molar-refractivity contribution is -0.384. The van der Waals surface area contributed by atoms with Gasteiger partial charge >= 0.3 is 5.97 Å². The van der Waals surface area contributed by atoms with Gasteiger partial charge in [-0.3, -0.25) is 10.1 Å². The summed E-state index contributed by atoms with van der Waals surface area (Å²) in [4.78, 5) is 25.9. The third-order valence-corrected chi connectivity index (χ3v) is 3.78. The lowest BCUT2D eigenvalue weighted by Crippen LogP contribution is -1.95. The number of aromatic carboxylic acids is 1. The first kappa shape index (κ1) is 14.1. The second-order valence-corrected chi connectivity index (χ2v) is 5.23. The van der Waals surface area contributed by atoms with E-state index in [1.54, 1.807) is 0 Å². The van der Waals surface area contributed by atoms with E-state index in [2.05, 4.69) is 4.98 Å². The molecular formula is C13H12N2O4S. The van der Waals surface area contributed by atoms with E-state index in [-0.39, 0.29) is 10.6 Å². The van der Waals surface area contributed by atoms with E-state index in [1.165, 1.54) is 24.3 Å². The molecule has 20 heavy (non-hydrogen) atoms. The van der Waals surface area contributed by atoms with Gasteiger partial charge in [-0.15, -0.1) is 11.3 Å². The Balaban J connectivity index is 2.44. The largest absolute Gasteiger partial charge is 0.477 e. The van der Waals surface area contributed by atoms with Crippen LogP contribution in [0.3, 0.4) is 0 Å². The third kappa shape index (κ3) is 2.83. The van der Waals surface area contributed by atoms with Crippen LogP contribution in [0.2, 0.25) is 0 Å². The minimum absolute atomic E-state index is 0.0327. The Morgan fingerprint density at radius 2 is 2.05 bits per heavy atom. The van der Waals surface area contributed by atoms with Crippen molar-refractivity contribution >= 4 is 23.0 Å². The van der Waals surface area contributed by atoms with Crippen molar-refractivity contribution in [2.45, 2.75) is 19.8 Å². The number of aryl methyl sites for hydroxylation is 1. The SMILES string of the molecule is CCCc1nc(-c2ccc([N+](=O)[O-])cc2)c(C(=O)O)s1. The molecule has 0 aliphatic carbocycles. The van der Waals surface area contributed by atoms with E-state index in [0.29, 0.717) is 11.3 Å². The third-order valence-electron chi connectivity index (χ3n) is 2.68. The van der Waals surface area contributed by atoms with Crippen molar-refractivity contribution in [3.63, 3.8) is 0 Å². The Bertz CT molecular complexity index is 649. The lowest BCUT2D eigenvalue weighted by atomic mass is 10.1. The molecule has 0 bridgehead atoms. The molecule has 0 radical (unpaired) electrons. The summed E-state index contributed by atoms with van der Waals surface area (Å²) in [6.45, 7) is 1.99. The molecule has 0 atom stereocenters. The highest BCUT2D eigenvalue weighted by Gasteiger charge is 2.19. The minimum atomic E-state index is -1.03. The molecular weight excluding hydrogens is 280 g/mol. The number of nitro benzene ring substituents is 1. The fourth-order valence-corrected chi connectivity index (χ4v) is 2.79. The molecule has 1 aromatic carbocycles. The number of hydrogen-bond donors (Lipinski definition) is 1. The quantitative estimate of drug-likeness (QED) is 0.673. The number of nitro groups is 1. The molecule has 0 saturated carbocycles. The Hall–Kier alpha value is -2.28. The fraction of sp³-hybridized carbons (Fsp3) is 0.231. The summed E-state index contributed by atoms with van der Waals surface area (Å²) < 4.78 is 0. The Morgan fingerprint density at radius 3 is 2.55 bits per heavy atom. The van der Waals surface area contributed by atoms with Crippen LogP contribution in [0.1, 0.15) is 28.0 Å². The van der Waals surface area contributed by atoms with Crippen molar-refractivity contribution in [2.75, 3.05) is 0 Å². The molecule has 0 amide bonds. The van der Waals surface area contributed by atoms with Crippen LogP contribution in [0.15, 0.2) is 24.3 Å². The Labute approximate surface area is 118 Å². The monoisotopic (exact) mass is 292 g/mol. The van der Waals surface area contributed by atoms with Crippen molar-refractivity contribution in [2.24, 2.45) is 0 Å². The average molecular weight is 292 g/mol. The van der Waals surface area contributed by atoms with Crippen LogP contribution in [0.4, 0.5) is 5.69 Å². The Kier molecular flexibility index (Phi) is 4.09. The van der Waals surface area contributed by atoms with Crippen LogP contribution in [-0.4, -0.2) is 21.0 Å². The van der Waals surface area contributed by atoms with Gasteiger partial charge < -0.3 is 5.11 Å². The zero-order chi connectivity index (χ0) is 14.7. The predicted molar refractivity (Wildman–Crippen MR) is 75.2 cm³/mol. The summed E-state index contributed by atoms with van der Waals surface area (Å²) in [7, 11) is 0. The molecule has 104 valence electrons. The number of carboxylic acids is 1. The highest BCUT2D eigenvalue weighted by Crippen LogP contribution is 2.30. The van der Waals surface area contributed by atoms with E-state index >= 15 is 0 Å². The fourth-order valence-electron chi connectivity index (χ4n) is 1.77. The molecule has 2 rings (SSSR count). The van der Waals surface area contributed by atoms with Gasteiger partial charge in [0.05, 0.1) is 15.6 Å². The van der Waals surface area contributed by atoms with Crippen LogP contribution in [0, 0.1) is 10.1 Å². The summed E-state index contributed by atoms with van der Waals surface area (Å²) in [6.07, 6.45) is 1.60. The molecule has 1 heterocycles. The summed E-state index contributed by atoms with van der Waals surface area (Å²) >= 11 is 1.15. The number of nitrogens with zero attached hydrogens (tertiary/aromatic N) is 2. The van der Waals surface area contributed by atoms with Crippen molar-refractivity contribution in [3.05, 3.63) is 44.3 Å². The first-order chi connectivity index (χ1) is 9.52. The van der Waals surface area contributed by atoms with Gasteiger partial charge in [-0.1, -0.05) is 6.92 Å². The first-order valence-electron chi connectivity index (χ1n) is 6.00. The number of thiazole rings is 1. The molecule has 0 unspecified atom stereocenters. The standard InChI is InChI=1S/C13H12N2O4S/c1-2-3-10-14-11(12(20-10)13(16)17)8-4-6-9(7-5-8)15(18)19/h4-7H,2-3H2,1H3,(H,16,17). The minimum Gasteiger partial charge on any atom is -0.477 e. The van der Waals surface area contributed by atoms with Crippen LogP contribution in [0.25, 0.3) is 11.3 Å². The Morgan fingerprint density at radius 1 is 1.40 bits per heavy atom. The van der Waals surface area contributed by atoms with Gasteiger partial charge in [0.2, 0.25) is 0 Å². The summed E-state index contributed by atoms with van der Waals surface area (Å²) in [5.41, 5.74) is 0.919. The van der Waals surface area contributed by atoms with Gasteiger partial charge in [-0.05, 0) is 25.0 Å². The maximum Gasteiger partial charge on any atom is 0.348 e. The number of rotatable bonds is 5. The van der Waals surface area contributed by atoms with Gasteiger partial charge in [0.25, 0.3) is 5.69 Å². The van der Waals surface area contributed by atoms with E-state index in [0.717, 1.165) is 29.2 Å². The van der Waals surface area contributed by atoms with E-state index < -0.39 is 10.9 Å². The number of benzene rings is 1. The summed E-state index contributed by atoms with van der Waals surface area (Å²) in [6, 6.07) is 5.74. The van der Waals surface area contributed by atoms with E-state index in [9.17, 15) is 20.0 Å². The summed E-state index contributed by atoms with van der Waals surface area (Å²) in [5.74, 6) is -1.03. The van der Waals surface area contributed by atoms with E-state index in [4.69, 9.17) is 0 Å². The smallest absolute Gasteiger partial charge is 0.348 e. The molecule has 0 saturated heterocycles. The van der Waals surface area contributed by atoms with Crippen LogP contribution >= 0.6 is 11.3 Å². The number of carbonyl (C=O) groups is 1. The van der Waals surface area contributed by atoms with Crippen LogP contribution in [-0.2, 0) is 6.42 Å². The topological polar surface area (TPSA) is 93.3 Å². The number of aromatic nitrogens is 1. The second-order valence-electron chi connectivity index (χ2n) is 4.14. The molecule has 0 fully saturated rings. The molecule has 1 aromatic heterocycles. The van der Waals surface area contributed by atoms with Crippen LogP contribution in [0.5, 0.6) is 0 Å². The van der Waals surface area contributed by atoms with Crippen LogP contribution < -0.4 is 0 Å². The van der Waals surface area contributed by atoms with E-state index in [1.807, 2.05) is 6.92 Å². The van der Waals surface area contributed by atoms with Gasteiger partial charge in [-0.25, -0.2) is 9.78 Å². The molecule has 1 N–H and O–H groups in total. The number of carboxylic acid groups (broad SMARTS) is 1. The van der Waals surface area contributed by atoms with Crippen molar-refractivity contribution in [1.29, 1.82) is 0 Å². The molecule has 0 spiro atoms. The second kappa shape index (κ2) is 5.79. The lowest BCUT2D eigenvalue weighted by Gasteiger charge is -1.98. The number of non-ortho nitro benzene ring substituents is 1.